The first kappa shape index (κ1) is 17.4. The number of benzene rings is 2. The maximum absolute atomic E-state index is 10.7. The van der Waals surface area contributed by atoms with Gasteiger partial charge >= 0.3 is 0 Å². The van der Waals surface area contributed by atoms with Crippen LogP contribution in [0, 0.1) is 0 Å². The van der Waals surface area contributed by atoms with Gasteiger partial charge in [0.25, 0.3) is 0 Å². The van der Waals surface area contributed by atoms with E-state index in [1.807, 2.05) is 24.3 Å². The Labute approximate surface area is 165 Å². The van der Waals surface area contributed by atoms with Crippen molar-refractivity contribution in [1.82, 2.24) is 4.90 Å². The van der Waals surface area contributed by atoms with Crippen LogP contribution in [0.2, 0.25) is 5.02 Å². The first-order valence-corrected chi connectivity index (χ1v) is 10.2. The summed E-state index contributed by atoms with van der Waals surface area (Å²) in [5.41, 5.74) is 2.33. The second-order valence-corrected chi connectivity index (χ2v) is 8.56. The smallest absolute Gasteiger partial charge is 0.123 e. The number of aliphatic hydroxyl groups is 1. The normalized spacial score (nSPS) is 27.0. The summed E-state index contributed by atoms with van der Waals surface area (Å²) in [5.74, 6) is 0.990. The highest BCUT2D eigenvalue weighted by molar-refractivity contribution is 6.30. The lowest BCUT2D eigenvalue weighted by Crippen LogP contribution is -2.53. The Morgan fingerprint density at radius 3 is 2.59 bits per heavy atom. The summed E-state index contributed by atoms with van der Waals surface area (Å²) >= 11 is 6.14. The second-order valence-electron chi connectivity index (χ2n) is 8.13. The van der Waals surface area contributed by atoms with Gasteiger partial charge in [0.2, 0.25) is 0 Å². The zero-order valence-electron chi connectivity index (χ0n) is 15.4. The molecule has 5 rings (SSSR count). The molecule has 5 heteroatoms. The van der Waals surface area contributed by atoms with Crippen molar-refractivity contribution in [3.05, 3.63) is 59.1 Å². The van der Waals surface area contributed by atoms with Crippen LogP contribution in [0.4, 0.5) is 5.69 Å². The lowest BCUT2D eigenvalue weighted by atomic mass is 9.86. The van der Waals surface area contributed by atoms with Gasteiger partial charge in [-0.05, 0) is 35.9 Å². The summed E-state index contributed by atoms with van der Waals surface area (Å²) in [4.78, 5) is 4.75. The average Bonchev–Trinajstić information content (AvgIpc) is 3.23. The van der Waals surface area contributed by atoms with Crippen molar-refractivity contribution in [2.45, 2.75) is 37.0 Å². The molecule has 0 bridgehead atoms. The van der Waals surface area contributed by atoms with Gasteiger partial charge in [0.05, 0.1) is 12.1 Å². The molecule has 3 heterocycles. The number of nitrogens with zero attached hydrogens (tertiary/aromatic N) is 2. The zero-order chi connectivity index (χ0) is 18.4. The first-order valence-electron chi connectivity index (χ1n) is 9.81. The molecule has 0 saturated carbocycles. The summed E-state index contributed by atoms with van der Waals surface area (Å²) in [6.45, 7) is 3.52. The predicted octanol–water partition coefficient (Wildman–Crippen LogP) is 3.36. The van der Waals surface area contributed by atoms with Crippen LogP contribution in [0.3, 0.4) is 0 Å². The topological polar surface area (TPSA) is 35.9 Å². The van der Waals surface area contributed by atoms with E-state index < -0.39 is 0 Å². The summed E-state index contributed by atoms with van der Waals surface area (Å²) in [7, 11) is 0. The third kappa shape index (κ3) is 3.20. The molecule has 142 valence electrons. The van der Waals surface area contributed by atoms with Gasteiger partial charge in [0.1, 0.15) is 11.4 Å². The highest BCUT2D eigenvalue weighted by atomic mass is 35.5. The zero-order valence-corrected chi connectivity index (χ0v) is 16.1. The minimum Gasteiger partial charge on any atom is -0.487 e. The molecular weight excluding hydrogens is 360 g/mol. The number of fused-ring (bicyclic) bond motifs is 1. The van der Waals surface area contributed by atoms with Crippen molar-refractivity contribution in [3.8, 4) is 5.75 Å². The Hall–Kier alpha value is -1.75. The van der Waals surface area contributed by atoms with Crippen LogP contribution in [-0.4, -0.2) is 53.9 Å². The van der Waals surface area contributed by atoms with E-state index in [0.29, 0.717) is 6.54 Å². The van der Waals surface area contributed by atoms with Crippen molar-refractivity contribution in [2.24, 2.45) is 0 Å². The molecule has 2 saturated heterocycles. The molecule has 0 unspecified atom stereocenters. The lowest BCUT2D eigenvalue weighted by molar-refractivity contribution is -0.0107. The first-order chi connectivity index (χ1) is 13.1. The molecule has 0 amide bonds. The van der Waals surface area contributed by atoms with Crippen LogP contribution in [0.15, 0.2) is 48.5 Å². The summed E-state index contributed by atoms with van der Waals surface area (Å²) in [5, 5.41) is 11.5. The number of anilines is 1. The van der Waals surface area contributed by atoms with E-state index in [2.05, 4.69) is 34.1 Å². The maximum Gasteiger partial charge on any atom is 0.123 e. The molecule has 1 N–H and O–H groups in total. The summed E-state index contributed by atoms with van der Waals surface area (Å²) < 4.78 is 6.36. The van der Waals surface area contributed by atoms with Crippen molar-refractivity contribution in [1.29, 1.82) is 0 Å². The Morgan fingerprint density at radius 2 is 1.81 bits per heavy atom. The van der Waals surface area contributed by atoms with Crippen LogP contribution < -0.4 is 9.64 Å². The van der Waals surface area contributed by atoms with Gasteiger partial charge in [0.15, 0.2) is 0 Å². The van der Waals surface area contributed by atoms with Gasteiger partial charge in [0, 0.05) is 56.2 Å². The molecule has 2 aromatic rings. The van der Waals surface area contributed by atoms with E-state index in [1.54, 1.807) is 0 Å². The van der Waals surface area contributed by atoms with E-state index in [1.165, 1.54) is 11.3 Å². The number of rotatable bonds is 2. The molecule has 0 radical (unpaired) electrons. The molecule has 0 aliphatic carbocycles. The molecule has 3 aliphatic rings. The van der Waals surface area contributed by atoms with E-state index >= 15 is 0 Å². The Kier molecular flexibility index (Phi) is 4.30. The lowest BCUT2D eigenvalue weighted by Gasteiger charge is -2.41. The van der Waals surface area contributed by atoms with Gasteiger partial charge in [-0.25, -0.2) is 0 Å². The highest BCUT2D eigenvalue weighted by Gasteiger charge is 2.45. The molecule has 2 aromatic carbocycles. The number of β-amino-alcohol motifs (C(OH)–C–C–N with tert-alkyl or cyclic N) is 1. The van der Waals surface area contributed by atoms with Crippen molar-refractivity contribution < 1.29 is 9.84 Å². The van der Waals surface area contributed by atoms with E-state index in [9.17, 15) is 5.11 Å². The molecule has 27 heavy (non-hydrogen) atoms. The van der Waals surface area contributed by atoms with Crippen LogP contribution in [0.1, 0.15) is 18.4 Å². The Balaban J connectivity index is 1.24. The SMILES string of the molecule is O[C@@H]1CN(c2ccccc2)C[C@H]1N1CCC2(CC1)Cc1cc(Cl)ccc1O2. The third-order valence-corrected chi connectivity index (χ3v) is 6.66. The molecular formula is C22H25ClN2O2. The van der Waals surface area contributed by atoms with Gasteiger partial charge in [-0.2, -0.15) is 0 Å². The Morgan fingerprint density at radius 1 is 1.04 bits per heavy atom. The molecule has 2 fully saturated rings. The van der Waals surface area contributed by atoms with Gasteiger partial charge in [-0.3, -0.25) is 4.90 Å². The predicted molar refractivity (Wildman–Crippen MR) is 108 cm³/mol. The molecule has 2 atom stereocenters. The average molecular weight is 385 g/mol. The minimum atomic E-state index is -0.306. The third-order valence-electron chi connectivity index (χ3n) is 6.42. The molecule has 3 aliphatic heterocycles. The number of hydrogen-bond acceptors (Lipinski definition) is 4. The largest absolute Gasteiger partial charge is 0.487 e. The number of para-hydroxylation sites is 1. The fourth-order valence-corrected chi connectivity index (χ4v) is 5.12. The number of halogens is 1. The molecule has 4 nitrogen and oxygen atoms in total. The highest BCUT2D eigenvalue weighted by Crippen LogP contribution is 2.42. The molecule has 0 aromatic heterocycles. The number of aliphatic hydroxyl groups excluding tert-OH is 1. The van der Waals surface area contributed by atoms with Crippen molar-refractivity contribution in [3.63, 3.8) is 0 Å². The van der Waals surface area contributed by atoms with Crippen LogP contribution in [0.5, 0.6) is 5.75 Å². The quantitative estimate of drug-likeness (QED) is 0.861. The number of piperidine rings is 1. The number of likely N-dealkylation sites (tertiary alicyclic amines) is 1. The van der Waals surface area contributed by atoms with Crippen LogP contribution in [0.25, 0.3) is 0 Å². The Bertz CT molecular complexity index is 820. The van der Waals surface area contributed by atoms with E-state index in [4.69, 9.17) is 16.3 Å². The summed E-state index contributed by atoms with van der Waals surface area (Å²) in [6.07, 6.45) is 2.63. The van der Waals surface area contributed by atoms with E-state index in [-0.39, 0.29) is 17.7 Å². The van der Waals surface area contributed by atoms with Crippen molar-refractivity contribution in [2.75, 3.05) is 31.1 Å². The standard InChI is InChI=1S/C22H25ClN2O2/c23-17-6-7-21-16(12-17)13-22(27-21)8-10-24(11-9-22)19-14-25(15-20(19)26)18-4-2-1-3-5-18/h1-7,12,19-20,26H,8-11,13-15H2/t19-,20-/m1/s1. The van der Waals surface area contributed by atoms with Crippen molar-refractivity contribution >= 4 is 17.3 Å². The number of hydrogen-bond donors (Lipinski definition) is 1. The maximum atomic E-state index is 10.7. The monoisotopic (exact) mass is 384 g/mol. The fraction of sp³-hybridized carbons (Fsp3) is 0.455. The van der Waals surface area contributed by atoms with Crippen LogP contribution in [-0.2, 0) is 6.42 Å². The van der Waals surface area contributed by atoms with Gasteiger partial charge in [-0.1, -0.05) is 29.8 Å². The second kappa shape index (κ2) is 6.69. The molecule has 1 spiro atoms. The minimum absolute atomic E-state index is 0.0911. The fourth-order valence-electron chi connectivity index (χ4n) is 4.92. The van der Waals surface area contributed by atoms with E-state index in [0.717, 1.165) is 49.7 Å². The van der Waals surface area contributed by atoms with Gasteiger partial charge in [-0.15, -0.1) is 0 Å². The number of ether oxygens (including phenoxy) is 1. The van der Waals surface area contributed by atoms with Gasteiger partial charge < -0.3 is 14.7 Å². The summed E-state index contributed by atoms with van der Waals surface area (Å²) in [6, 6.07) is 16.5. The van der Waals surface area contributed by atoms with Crippen LogP contribution >= 0.6 is 11.6 Å².